The van der Waals surface area contributed by atoms with Gasteiger partial charge in [0.25, 0.3) is 0 Å². The Labute approximate surface area is 142 Å². The van der Waals surface area contributed by atoms with Crippen LogP contribution in [0.4, 0.5) is 10.5 Å². The summed E-state index contributed by atoms with van der Waals surface area (Å²) >= 11 is 3.59. The Morgan fingerprint density at radius 2 is 2.17 bits per heavy atom. The zero-order valence-corrected chi connectivity index (χ0v) is 14.3. The van der Waals surface area contributed by atoms with Crippen molar-refractivity contribution in [3.8, 4) is 0 Å². The molecule has 0 spiro atoms. The third kappa shape index (κ3) is 2.52. The van der Waals surface area contributed by atoms with Gasteiger partial charge in [-0.25, -0.2) is 9.78 Å². The number of hydrogen-bond acceptors (Lipinski definition) is 4. The highest BCUT2D eigenvalue weighted by Gasteiger charge is 2.38. The number of carbonyl (C=O) groups is 1. The van der Waals surface area contributed by atoms with Crippen molar-refractivity contribution in [3.05, 3.63) is 22.9 Å². The molecule has 2 atom stereocenters. The predicted octanol–water partition coefficient (Wildman–Crippen LogP) is 2.09. The number of nitrogens with two attached hydrogens (primary N) is 2. The van der Waals surface area contributed by atoms with Gasteiger partial charge in [0.15, 0.2) is 5.65 Å². The van der Waals surface area contributed by atoms with Crippen LogP contribution in [0.5, 0.6) is 0 Å². The molecule has 4 rings (SSSR count). The maximum absolute atomic E-state index is 11.5. The molecule has 121 valence electrons. The van der Waals surface area contributed by atoms with Crippen LogP contribution in [0, 0.1) is 17.9 Å². The van der Waals surface area contributed by atoms with E-state index in [9.17, 15) is 4.79 Å². The van der Waals surface area contributed by atoms with Gasteiger partial charge in [0.1, 0.15) is 0 Å². The molecule has 3 heterocycles. The number of nitrogens with zero attached hydrogens (tertiary/aromatic N) is 3. The topological polar surface area (TPSA) is 90.2 Å². The summed E-state index contributed by atoms with van der Waals surface area (Å²) in [4.78, 5) is 18.1. The fourth-order valence-corrected chi connectivity index (χ4v) is 4.32. The Hall–Kier alpha value is -1.60. The first-order valence-electron chi connectivity index (χ1n) is 7.94. The zero-order valence-electron chi connectivity index (χ0n) is 12.7. The molecular weight excluding hydrogens is 358 g/mol. The van der Waals surface area contributed by atoms with Gasteiger partial charge in [-0.15, -0.1) is 0 Å². The smallest absolute Gasteiger partial charge is 0.324 e. The minimum Gasteiger partial charge on any atom is -0.368 e. The number of halogens is 1. The van der Waals surface area contributed by atoms with Crippen LogP contribution >= 0.6 is 15.9 Å². The third-order valence-corrected chi connectivity index (χ3v) is 5.63. The number of primary amides is 1. The molecule has 1 aliphatic carbocycles. The first-order chi connectivity index (χ1) is 11.1. The van der Waals surface area contributed by atoms with Crippen LogP contribution in [-0.4, -0.2) is 34.7 Å². The van der Waals surface area contributed by atoms with Crippen molar-refractivity contribution in [2.75, 3.05) is 18.0 Å². The van der Waals surface area contributed by atoms with E-state index in [4.69, 9.17) is 11.5 Å². The van der Waals surface area contributed by atoms with E-state index in [1.165, 1.54) is 17.4 Å². The van der Waals surface area contributed by atoms with E-state index in [0.29, 0.717) is 11.6 Å². The maximum Gasteiger partial charge on any atom is 0.324 e. The molecule has 1 amide bonds. The summed E-state index contributed by atoms with van der Waals surface area (Å²) in [6, 6.07) is 2.75. The molecule has 0 bridgehead atoms. The Morgan fingerprint density at radius 3 is 2.83 bits per heavy atom. The standard InChI is InChI=1S/C16H19BrN5O/c17-12-7-20-15-11(4-6-22(15)16(19)23)14(12)21-5-3-10(9-1-2-9)13(18)8-21/h6-7,9-10,13H,1-3,5,8,18H2,(H2,19,23)/t10-,13+/m1/s1. The van der Waals surface area contributed by atoms with Crippen LogP contribution in [0.15, 0.2) is 16.9 Å². The maximum atomic E-state index is 11.5. The molecule has 2 fully saturated rings. The van der Waals surface area contributed by atoms with Gasteiger partial charge >= 0.3 is 6.03 Å². The molecule has 6 nitrogen and oxygen atoms in total. The highest BCUT2D eigenvalue weighted by atomic mass is 79.9. The summed E-state index contributed by atoms with van der Waals surface area (Å²) in [7, 11) is 0. The molecule has 1 radical (unpaired) electrons. The molecule has 1 saturated carbocycles. The van der Waals surface area contributed by atoms with Gasteiger partial charge in [-0.05, 0) is 47.0 Å². The van der Waals surface area contributed by atoms with Gasteiger partial charge in [0.05, 0.1) is 15.5 Å². The van der Waals surface area contributed by atoms with E-state index in [-0.39, 0.29) is 6.04 Å². The lowest BCUT2D eigenvalue weighted by Gasteiger charge is -2.39. The fraction of sp³-hybridized carbons (Fsp3) is 0.500. The summed E-state index contributed by atoms with van der Waals surface area (Å²) < 4.78 is 2.21. The van der Waals surface area contributed by atoms with Gasteiger partial charge in [-0.1, -0.05) is 0 Å². The van der Waals surface area contributed by atoms with Crippen molar-refractivity contribution in [2.45, 2.75) is 25.3 Å². The van der Waals surface area contributed by atoms with Gasteiger partial charge in [0, 0.05) is 37.6 Å². The van der Waals surface area contributed by atoms with Crippen molar-refractivity contribution < 1.29 is 4.79 Å². The molecule has 1 aliphatic heterocycles. The van der Waals surface area contributed by atoms with E-state index < -0.39 is 6.03 Å². The Morgan fingerprint density at radius 1 is 1.39 bits per heavy atom. The van der Waals surface area contributed by atoms with Crippen molar-refractivity contribution >= 4 is 38.7 Å². The normalized spacial score (nSPS) is 25.0. The number of amides is 1. The van der Waals surface area contributed by atoms with E-state index >= 15 is 0 Å². The van der Waals surface area contributed by atoms with Crippen molar-refractivity contribution in [1.29, 1.82) is 0 Å². The van der Waals surface area contributed by atoms with Crippen molar-refractivity contribution in [3.63, 3.8) is 0 Å². The number of pyridine rings is 1. The molecule has 23 heavy (non-hydrogen) atoms. The molecule has 4 N–H and O–H groups in total. The van der Waals surface area contributed by atoms with Gasteiger partial charge in [0.2, 0.25) is 0 Å². The highest BCUT2D eigenvalue weighted by molar-refractivity contribution is 9.10. The van der Waals surface area contributed by atoms with Gasteiger partial charge < -0.3 is 16.4 Å². The van der Waals surface area contributed by atoms with Crippen molar-refractivity contribution in [2.24, 2.45) is 23.3 Å². The van der Waals surface area contributed by atoms with E-state index in [0.717, 1.165) is 41.0 Å². The average Bonchev–Trinajstić information content (AvgIpc) is 3.25. The Bertz CT molecular complexity index is 769. The van der Waals surface area contributed by atoms with Crippen LogP contribution in [0.25, 0.3) is 11.0 Å². The van der Waals surface area contributed by atoms with E-state index in [2.05, 4.69) is 31.9 Å². The second-order valence-corrected chi connectivity index (χ2v) is 7.39. The van der Waals surface area contributed by atoms with Crippen LogP contribution in [-0.2, 0) is 0 Å². The number of rotatable bonds is 2. The third-order valence-electron chi connectivity index (χ3n) is 5.05. The van der Waals surface area contributed by atoms with Crippen LogP contribution < -0.4 is 16.4 Å². The van der Waals surface area contributed by atoms with E-state index in [1.807, 2.05) is 0 Å². The quantitative estimate of drug-likeness (QED) is 0.839. The molecule has 0 unspecified atom stereocenters. The lowest BCUT2D eigenvalue weighted by molar-refractivity contribution is 0.251. The average molecular weight is 377 g/mol. The van der Waals surface area contributed by atoms with Crippen LogP contribution in [0.2, 0.25) is 0 Å². The summed E-state index contributed by atoms with van der Waals surface area (Å²) in [5.74, 6) is 1.47. The van der Waals surface area contributed by atoms with Crippen LogP contribution in [0.3, 0.4) is 0 Å². The highest BCUT2D eigenvalue weighted by Crippen LogP contribution is 2.43. The SMILES string of the molecule is NC(=O)n1c[c]c2c(N3CC[C@H](C4CC4)[C@@H](N)C3)c(Br)cnc21. The predicted molar refractivity (Wildman–Crippen MR) is 92.3 cm³/mol. The first kappa shape index (κ1) is 15.0. The number of piperidine rings is 1. The second-order valence-electron chi connectivity index (χ2n) is 6.53. The summed E-state index contributed by atoms with van der Waals surface area (Å²) in [5.41, 5.74) is 13.4. The number of anilines is 1. The van der Waals surface area contributed by atoms with Crippen molar-refractivity contribution in [1.82, 2.24) is 9.55 Å². The Kier molecular flexibility index (Phi) is 3.57. The largest absolute Gasteiger partial charge is 0.368 e. The minimum atomic E-state index is -0.554. The molecule has 2 aromatic rings. The fourth-order valence-electron chi connectivity index (χ4n) is 3.76. The number of hydrogen-bond donors (Lipinski definition) is 2. The van der Waals surface area contributed by atoms with Gasteiger partial charge in [-0.2, -0.15) is 0 Å². The molecule has 7 heteroatoms. The molecular formula is C16H19BrN5O. The number of carbonyl (C=O) groups excluding carboxylic acids is 1. The molecule has 2 aliphatic rings. The first-order valence-corrected chi connectivity index (χ1v) is 8.73. The van der Waals surface area contributed by atoms with Gasteiger partial charge in [-0.3, -0.25) is 4.57 Å². The monoisotopic (exact) mass is 376 g/mol. The Balaban J connectivity index is 1.71. The number of aromatic nitrogens is 2. The zero-order chi connectivity index (χ0) is 16.1. The summed E-state index contributed by atoms with van der Waals surface area (Å²) in [6.07, 6.45) is 7.03. The summed E-state index contributed by atoms with van der Waals surface area (Å²) in [6.45, 7) is 1.77. The van der Waals surface area contributed by atoms with Crippen LogP contribution in [0.1, 0.15) is 19.3 Å². The molecule has 1 saturated heterocycles. The summed E-state index contributed by atoms with van der Waals surface area (Å²) in [5, 5.41) is 0.801. The minimum absolute atomic E-state index is 0.185. The second kappa shape index (κ2) is 5.49. The molecule has 0 aromatic carbocycles. The molecule has 2 aromatic heterocycles. The van der Waals surface area contributed by atoms with E-state index in [1.54, 1.807) is 12.4 Å². The lowest BCUT2D eigenvalue weighted by atomic mass is 9.87. The lowest BCUT2D eigenvalue weighted by Crippen LogP contribution is -2.49. The number of fused-ring (bicyclic) bond motifs is 1.